The average molecular weight is 249 g/mol. The number of aromatic nitrogens is 2. The fourth-order valence-electron chi connectivity index (χ4n) is 1.76. The summed E-state index contributed by atoms with van der Waals surface area (Å²) in [6, 6.07) is 9.57. The lowest BCUT2D eigenvalue weighted by molar-refractivity contribution is 1.44. The number of hydrogen-bond donors (Lipinski definition) is 0. The van der Waals surface area contributed by atoms with E-state index in [-0.39, 0.29) is 0 Å². The molecular formula is C12H6Cl2N2. The van der Waals surface area contributed by atoms with Gasteiger partial charge in [0.05, 0.1) is 16.1 Å². The lowest BCUT2D eigenvalue weighted by Gasteiger charge is -1.93. The number of rotatable bonds is 0. The highest BCUT2D eigenvalue weighted by atomic mass is 35.5. The number of hydrogen-bond acceptors (Lipinski definition) is 2. The molecule has 0 saturated carbocycles. The van der Waals surface area contributed by atoms with Crippen LogP contribution in [-0.4, -0.2) is 9.97 Å². The number of benzene rings is 1. The summed E-state index contributed by atoms with van der Waals surface area (Å²) in [5, 5.41) is 2.67. The topological polar surface area (TPSA) is 25.8 Å². The second-order valence-electron chi connectivity index (χ2n) is 3.44. The molecule has 0 spiro atoms. The Kier molecular flexibility index (Phi) is 2.20. The minimum absolute atomic E-state index is 0.343. The van der Waals surface area contributed by atoms with E-state index in [1.807, 2.05) is 30.3 Å². The van der Waals surface area contributed by atoms with Gasteiger partial charge in [0.2, 0.25) is 0 Å². The van der Waals surface area contributed by atoms with E-state index in [2.05, 4.69) is 9.97 Å². The molecule has 16 heavy (non-hydrogen) atoms. The molecule has 1 aromatic carbocycles. The molecule has 2 nitrogen and oxygen atoms in total. The summed E-state index contributed by atoms with van der Waals surface area (Å²) in [7, 11) is 0. The van der Waals surface area contributed by atoms with E-state index in [0.717, 1.165) is 21.8 Å². The third-order valence-electron chi connectivity index (χ3n) is 2.50. The van der Waals surface area contributed by atoms with Crippen LogP contribution in [0.25, 0.3) is 21.8 Å². The fraction of sp³-hybridized carbons (Fsp3) is 0. The van der Waals surface area contributed by atoms with E-state index >= 15 is 0 Å². The maximum absolute atomic E-state index is 6.06. The van der Waals surface area contributed by atoms with E-state index in [4.69, 9.17) is 23.2 Å². The molecular weight excluding hydrogens is 243 g/mol. The van der Waals surface area contributed by atoms with Crippen molar-refractivity contribution in [2.45, 2.75) is 0 Å². The minimum atomic E-state index is 0.343. The van der Waals surface area contributed by atoms with Gasteiger partial charge in [-0.3, -0.25) is 4.98 Å². The predicted molar refractivity (Wildman–Crippen MR) is 67.1 cm³/mol. The van der Waals surface area contributed by atoms with Gasteiger partial charge in [-0.2, -0.15) is 0 Å². The first-order chi connectivity index (χ1) is 7.77. The molecule has 78 valence electrons. The van der Waals surface area contributed by atoms with Gasteiger partial charge in [0.25, 0.3) is 0 Å². The van der Waals surface area contributed by atoms with E-state index in [1.54, 1.807) is 6.20 Å². The molecule has 0 bridgehead atoms. The summed E-state index contributed by atoms with van der Waals surface area (Å²) in [5.41, 5.74) is 1.68. The van der Waals surface area contributed by atoms with Crippen molar-refractivity contribution in [1.29, 1.82) is 0 Å². The molecule has 0 amide bonds. The molecule has 0 aliphatic rings. The Morgan fingerprint density at radius 2 is 1.81 bits per heavy atom. The third-order valence-corrected chi connectivity index (χ3v) is 3.25. The summed E-state index contributed by atoms with van der Waals surface area (Å²) in [4.78, 5) is 8.57. The molecule has 0 fully saturated rings. The normalized spacial score (nSPS) is 11.1. The first-order valence-corrected chi connectivity index (χ1v) is 5.51. The van der Waals surface area contributed by atoms with E-state index in [1.165, 1.54) is 0 Å². The summed E-state index contributed by atoms with van der Waals surface area (Å²) in [5.74, 6) is 0. The Labute approximate surface area is 102 Å². The Bertz CT molecular complexity index is 695. The molecule has 0 radical (unpaired) electrons. The van der Waals surface area contributed by atoms with Crippen LogP contribution in [-0.2, 0) is 0 Å². The molecule has 0 aliphatic heterocycles. The van der Waals surface area contributed by atoms with Crippen molar-refractivity contribution in [2.24, 2.45) is 0 Å². The van der Waals surface area contributed by atoms with Crippen molar-refractivity contribution in [1.82, 2.24) is 9.97 Å². The lowest BCUT2D eigenvalue weighted by atomic mass is 10.2. The zero-order valence-corrected chi connectivity index (χ0v) is 9.63. The van der Waals surface area contributed by atoms with Gasteiger partial charge in [0.1, 0.15) is 5.15 Å². The Morgan fingerprint density at radius 3 is 2.69 bits per heavy atom. The lowest BCUT2D eigenvalue weighted by Crippen LogP contribution is -1.74. The van der Waals surface area contributed by atoms with Crippen molar-refractivity contribution >= 4 is 45.0 Å². The monoisotopic (exact) mass is 248 g/mol. The van der Waals surface area contributed by atoms with Crippen molar-refractivity contribution in [3.05, 3.63) is 46.7 Å². The molecule has 0 atom stereocenters. The van der Waals surface area contributed by atoms with E-state index in [9.17, 15) is 0 Å². The van der Waals surface area contributed by atoms with Gasteiger partial charge in [-0.25, -0.2) is 4.98 Å². The highest BCUT2D eigenvalue weighted by molar-refractivity contribution is 6.45. The van der Waals surface area contributed by atoms with Crippen LogP contribution < -0.4 is 0 Å². The largest absolute Gasteiger partial charge is 0.256 e. The van der Waals surface area contributed by atoms with Crippen LogP contribution in [0.15, 0.2) is 36.5 Å². The van der Waals surface area contributed by atoms with Crippen LogP contribution >= 0.6 is 23.2 Å². The van der Waals surface area contributed by atoms with Gasteiger partial charge < -0.3 is 0 Å². The quantitative estimate of drug-likeness (QED) is 0.599. The number of halogens is 2. The summed E-state index contributed by atoms with van der Waals surface area (Å²) < 4.78 is 0. The first kappa shape index (κ1) is 9.82. The van der Waals surface area contributed by atoms with Crippen molar-refractivity contribution in [3.63, 3.8) is 0 Å². The molecule has 2 aromatic heterocycles. The van der Waals surface area contributed by atoms with Crippen LogP contribution in [0.1, 0.15) is 0 Å². The third kappa shape index (κ3) is 1.34. The molecule has 4 heteroatoms. The Balaban J connectivity index is 2.60. The average Bonchev–Trinajstić information content (AvgIpc) is 2.51. The van der Waals surface area contributed by atoms with Crippen molar-refractivity contribution in [3.8, 4) is 0 Å². The van der Waals surface area contributed by atoms with Gasteiger partial charge in [0.15, 0.2) is 0 Å². The van der Waals surface area contributed by atoms with Crippen molar-refractivity contribution < 1.29 is 0 Å². The standard InChI is InChI=1S/C12H6Cl2N2/c13-10-8-4-5-9-7(3-1-2-6-15-9)11(8)16-12(10)14/h1-6H. The van der Waals surface area contributed by atoms with Crippen LogP contribution in [0.3, 0.4) is 0 Å². The second-order valence-corrected chi connectivity index (χ2v) is 4.18. The zero-order valence-electron chi connectivity index (χ0n) is 8.11. The maximum atomic E-state index is 6.06. The number of nitrogens with zero attached hydrogens (tertiary/aromatic N) is 2. The molecule has 3 aromatic rings. The van der Waals surface area contributed by atoms with Gasteiger partial charge in [-0.05, 0) is 18.2 Å². The van der Waals surface area contributed by atoms with Crippen LogP contribution in [0, 0.1) is 0 Å². The van der Waals surface area contributed by atoms with Gasteiger partial charge in [-0.15, -0.1) is 0 Å². The Morgan fingerprint density at radius 1 is 0.938 bits per heavy atom. The second kappa shape index (κ2) is 3.58. The fourth-order valence-corrected chi connectivity index (χ4v) is 2.14. The molecule has 2 heterocycles. The minimum Gasteiger partial charge on any atom is -0.256 e. The van der Waals surface area contributed by atoms with Crippen molar-refractivity contribution in [2.75, 3.05) is 0 Å². The summed E-state index contributed by atoms with van der Waals surface area (Å²) in [6.45, 7) is 0. The maximum Gasteiger partial charge on any atom is 0.149 e. The predicted octanol–water partition coefficient (Wildman–Crippen LogP) is 4.09. The van der Waals surface area contributed by atoms with Crippen LogP contribution in [0.2, 0.25) is 10.2 Å². The molecule has 0 aliphatic carbocycles. The smallest absolute Gasteiger partial charge is 0.149 e. The molecule has 0 unspecified atom stereocenters. The van der Waals surface area contributed by atoms with Crippen LogP contribution in [0.4, 0.5) is 0 Å². The van der Waals surface area contributed by atoms with E-state index < -0.39 is 0 Å². The van der Waals surface area contributed by atoms with Gasteiger partial charge in [-0.1, -0.05) is 35.3 Å². The van der Waals surface area contributed by atoms with Gasteiger partial charge >= 0.3 is 0 Å². The Hall–Kier alpha value is -1.38. The van der Waals surface area contributed by atoms with Gasteiger partial charge in [0, 0.05) is 17.0 Å². The van der Waals surface area contributed by atoms with Crippen LogP contribution in [0.5, 0.6) is 0 Å². The summed E-state index contributed by atoms with van der Waals surface area (Å²) in [6.07, 6.45) is 1.75. The molecule has 0 N–H and O–H groups in total. The zero-order chi connectivity index (χ0) is 11.1. The first-order valence-electron chi connectivity index (χ1n) is 4.76. The van der Waals surface area contributed by atoms with E-state index in [0.29, 0.717) is 10.2 Å². The molecule has 0 saturated heterocycles. The highest BCUT2D eigenvalue weighted by Gasteiger charge is 2.11. The highest BCUT2D eigenvalue weighted by Crippen LogP contribution is 2.33. The SMILES string of the molecule is Clc1nc2c(ccc3nccccc32)c1Cl. The molecule has 3 rings (SSSR count). The summed E-state index contributed by atoms with van der Waals surface area (Å²) >= 11 is 12.0. The number of fused-ring (bicyclic) bond motifs is 3.